The lowest BCUT2D eigenvalue weighted by Gasteiger charge is -2.35. The van der Waals surface area contributed by atoms with Crippen LogP contribution in [0.5, 0.6) is 5.75 Å². The third-order valence-electron chi connectivity index (χ3n) is 6.89. The Bertz CT molecular complexity index is 1460. The number of benzene rings is 2. The van der Waals surface area contributed by atoms with Crippen LogP contribution in [-0.4, -0.2) is 41.0 Å². The molecule has 2 fully saturated rings. The fraction of sp³-hybridized carbons (Fsp3) is 0.321. The molecular weight excluding hydrogens is 510 g/mol. The predicted molar refractivity (Wildman–Crippen MR) is 143 cm³/mol. The smallest absolute Gasteiger partial charge is 0.412 e. The van der Waals surface area contributed by atoms with Gasteiger partial charge < -0.3 is 19.4 Å². The van der Waals surface area contributed by atoms with Crippen molar-refractivity contribution in [3.05, 3.63) is 70.5 Å². The Morgan fingerprint density at radius 1 is 1.14 bits per heavy atom. The number of piperidine rings is 1. The molecule has 3 heterocycles. The monoisotopic (exact) mass is 535 g/mol. The Kier molecular flexibility index (Phi) is 6.61. The molecule has 1 atom stereocenters. The van der Waals surface area contributed by atoms with Crippen LogP contribution in [0.3, 0.4) is 0 Å². The first kappa shape index (κ1) is 24.0. The van der Waals surface area contributed by atoms with Gasteiger partial charge in [-0.2, -0.15) is 0 Å². The van der Waals surface area contributed by atoms with Gasteiger partial charge in [0.15, 0.2) is 0 Å². The van der Waals surface area contributed by atoms with Gasteiger partial charge in [0, 0.05) is 30.1 Å². The number of rotatable bonds is 6. The van der Waals surface area contributed by atoms with E-state index in [2.05, 4.69) is 5.32 Å². The van der Waals surface area contributed by atoms with Gasteiger partial charge in [-0.05, 0) is 68.0 Å². The van der Waals surface area contributed by atoms with Gasteiger partial charge in [-0.25, -0.2) is 9.78 Å². The van der Waals surface area contributed by atoms with Gasteiger partial charge in [-0.3, -0.25) is 4.79 Å². The van der Waals surface area contributed by atoms with Crippen LogP contribution in [0.4, 0.5) is 4.79 Å². The highest BCUT2D eigenvalue weighted by Gasteiger charge is 2.34. The van der Waals surface area contributed by atoms with E-state index in [1.807, 2.05) is 35.2 Å². The average Bonchev–Trinajstić information content (AvgIpc) is 3.47. The topological polar surface area (TPSA) is 84.7 Å². The Hall–Kier alpha value is -3.36. The van der Waals surface area contributed by atoms with Crippen molar-refractivity contribution in [1.82, 2.24) is 15.2 Å². The summed E-state index contributed by atoms with van der Waals surface area (Å²) in [6, 6.07) is 14.5. The third kappa shape index (κ3) is 5.08. The number of aromatic nitrogens is 1. The number of amides is 2. The van der Waals surface area contributed by atoms with Crippen LogP contribution < -0.4 is 10.1 Å². The molecule has 9 heteroatoms. The molecular formula is C28H26ClN3O4S. The number of carbonyl (C=O) groups excluding carboxylic acids is 2. The molecule has 6 rings (SSSR count). The molecule has 2 aromatic heterocycles. The summed E-state index contributed by atoms with van der Waals surface area (Å²) in [5, 5.41) is 5.24. The molecule has 2 aliphatic rings. The van der Waals surface area contributed by atoms with Gasteiger partial charge in [-0.1, -0.05) is 29.8 Å². The number of furan rings is 1. The second-order valence-corrected chi connectivity index (χ2v) is 11.0. The van der Waals surface area contributed by atoms with E-state index in [0.29, 0.717) is 41.1 Å². The van der Waals surface area contributed by atoms with Gasteiger partial charge in [-0.15, -0.1) is 11.3 Å². The Labute approximate surface area is 223 Å². The minimum absolute atomic E-state index is 0.0962. The summed E-state index contributed by atoms with van der Waals surface area (Å²) < 4.78 is 10.9. The van der Waals surface area contributed by atoms with Gasteiger partial charge in [0.1, 0.15) is 17.0 Å². The molecule has 0 bridgehead atoms. The summed E-state index contributed by atoms with van der Waals surface area (Å²) in [6.45, 7) is 0.928. The number of hydrogen-bond acceptors (Lipinski definition) is 6. The maximum absolute atomic E-state index is 13.9. The maximum atomic E-state index is 13.9. The summed E-state index contributed by atoms with van der Waals surface area (Å²) in [7, 11) is 0. The summed E-state index contributed by atoms with van der Waals surface area (Å²) in [5.74, 6) is 0.778. The number of halogens is 1. The number of ether oxygens (including phenoxy) is 1. The van der Waals surface area contributed by atoms with Gasteiger partial charge in [0.05, 0.1) is 21.5 Å². The summed E-state index contributed by atoms with van der Waals surface area (Å²) in [6.07, 6.45) is 5.94. The highest BCUT2D eigenvalue weighted by Crippen LogP contribution is 2.45. The molecule has 190 valence electrons. The summed E-state index contributed by atoms with van der Waals surface area (Å²) in [4.78, 5) is 34.1. The van der Waals surface area contributed by atoms with E-state index in [9.17, 15) is 9.59 Å². The normalized spacial score (nSPS) is 17.6. The highest BCUT2D eigenvalue weighted by molar-refractivity contribution is 7.15. The zero-order valence-corrected chi connectivity index (χ0v) is 21.7. The average molecular weight is 536 g/mol. The van der Waals surface area contributed by atoms with E-state index < -0.39 is 6.09 Å². The molecule has 1 aliphatic heterocycles. The molecule has 0 unspecified atom stereocenters. The van der Waals surface area contributed by atoms with Crippen LogP contribution in [-0.2, 0) is 0 Å². The second-order valence-electron chi connectivity index (χ2n) is 9.52. The Morgan fingerprint density at radius 3 is 2.84 bits per heavy atom. The molecule has 1 aliphatic carbocycles. The van der Waals surface area contributed by atoms with Crippen molar-refractivity contribution in [2.24, 2.45) is 0 Å². The zero-order valence-electron chi connectivity index (χ0n) is 20.1. The lowest BCUT2D eigenvalue weighted by atomic mass is 10.0. The molecule has 7 nitrogen and oxygen atoms in total. The highest BCUT2D eigenvalue weighted by atomic mass is 35.5. The largest absolute Gasteiger partial charge is 0.464 e. The van der Waals surface area contributed by atoms with Crippen molar-refractivity contribution in [1.29, 1.82) is 0 Å². The quantitative estimate of drug-likeness (QED) is 0.291. The molecule has 0 radical (unpaired) electrons. The van der Waals surface area contributed by atoms with Crippen molar-refractivity contribution in [2.75, 3.05) is 13.1 Å². The lowest BCUT2D eigenvalue weighted by molar-refractivity contribution is 0.0607. The van der Waals surface area contributed by atoms with E-state index in [1.54, 1.807) is 35.8 Å². The Balaban J connectivity index is 1.19. The van der Waals surface area contributed by atoms with Crippen LogP contribution in [0.1, 0.15) is 53.5 Å². The molecule has 1 saturated heterocycles. The number of nitrogens with one attached hydrogen (secondary N) is 1. The summed E-state index contributed by atoms with van der Waals surface area (Å²) in [5.41, 5.74) is 2.04. The van der Waals surface area contributed by atoms with Crippen molar-refractivity contribution in [3.8, 4) is 16.2 Å². The number of fused-ring (bicyclic) bond motifs is 1. The molecule has 1 saturated carbocycles. The minimum Gasteiger partial charge on any atom is -0.464 e. The molecule has 2 amide bonds. The third-order valence-corrected chi connectivity index (χ3v) is 8.39. The van der Waals surface area contributed by atoms with Crippen LogP contribution in [0.2, 0.25) is 5.02 Å². The van der Waals surface area contributed by atoms with Crippen LogP contribution >= 0.6 is 22.9 Å². The molecule has 1 N–H and O–H groups in total. The molecule has 0 spiro atoms. The molecule has 37 heavy (non-hydrogen) atoms. The molecule has 4 aromatic rings. The van der Waals surface area contributed by atoms with Crippen LogP contribution in [0.15, 0.2) is 59.2 Å². The van der Waals surface area contributed by atoms with Gasteiger partial charge in [0.2, 0.25) is 0 Å². The van der Waals surface area contributed by atoms with Crippen molar-refractivity contribution < 1.29 is 18.7 Å². The van der Waals surface area contributed by atoms with E-state index in [1.165, 1.54) is 0 Å². The first-order chi connectivity index (χ1) is 18.1. The van der Waals surface area contributed by atoms with E-state index in [-0.39, 0.29) is 11.9 Å². The van der Waals surface area contributed by atoms with Gasteiger partial charge in [0.25, 0.3) is 5.91 Å². The van der Waals surface area contributed by atoms with Crippen LogP contribution in [0.25, 0.3) is 21.4 Å². The van der Waals surface area contributed by atoms with E-state index >= 15 is 0 Å². The van der Waals surface area contributed by atoms with Crippen molar-refractivity contribution in [3.63, 3.8) is 0 Å². The number of nitrogens with zero attached hydrogens (tertiary/aromatic N) is 2. The number of carbonyl (C=O) groups is 2. The second kappa shape index (κ2) is 10.2. The van der Waals surface area contributed by atoms with Crippen molar-refractivity contribution >= 4 is 45.9 Å². The van der Waals surface area contributed by atoms with Crippen molar-refractivity contribution in [2.45, 2.75) is 44.1 Å². The minimum atomic E-state index is -0.559. The number of likely N-dealkylation sites (tertiary alicyclic amines) is 1. The maximum Gasteiger partial charge on any atom is 0.412 e. The predicted octanol–water partition coefficient (Wildman–Crippen LogP) is 6.87. The molecule has 2 aromatic carbocycles. The fourth-order valence-corrected chi connectivity index (χ4v) is 6.23. The SMILES string of the molecule is O=C(NC[C@@H]1CCCCN1C(=O)c1nc(C2CC2)sc1-c1cccc(Cl)c1)Oc1cccc2occc12. The lowest BCUT2D eigenvalue weighted by Crippen LogP contribution is -2.50. The standard InChI is InChI=1S/C28H26ClN3O4S/c29-19-6-3-5-18(15-19)25-24(31-26(37-25)17-10-11-17)27(33)32-13-2-1-7-20(32)16-30-28(34)36-23-9-4-8-22-21(23)12-14-35-22/h3-6,8-9,12,14-15,17,20H,1-2,7,10-11,13,16H2,(H,30,34)/t20-/m0/s1. The number of thiazole rings is 1. The first-order valence-corrected chi connectivity index (χ1v) is 13.8. The zero-order chi connectivity index (χ0) is 25.4. The fourth-order valence-electron chi connectivity index (χ4n) is 4.82. The van der Waals surface area contributed by atoms with E-state index in [4.69, 9.17) is 25.7 Å². The van der Waals surface area contributed by atoms with Crippen LogP contribution in [0, 0.1) is 0 Å². The first-order valence-electron chi connectivity index (χ1n) is 12.6. The van der Waals surface area contributed by atoms with E-state index in [0.717, 1.165) is 52.9 Å². The number of hydrogen-bond donors (Lipinski definition) is 1. The summed E-state index contributed by atoms with van der Waals surface area (Å²) >= 11 is 7.86. The van der Waals surface area contributed by atoms with Gasteiger partial charge >= 0.3 is 6.09 Å². The Morgan fingerprint density at radius 2 is 2.00 bits per heavy atom.